The summed E-state index contributed by atoms with van der Waals surface area (Å²) in [6, 6.07) is 2.29. The van der Waals surface area contributed by atoms with E-state index in [1.807, 2.05) is 0 Å². The van der Waals surface area contributed by atoms with Crippen LogP contribution in [0.25, 0.3) is 0 Å². The first-order chi connectivity index (χ1) is 8.68. The normalized spacial score (nSPS) is 10.6. The Kier molecular flexibility index (Phi) is 3.75. The predicted octanol–water partition coefficient (Wildman–Crippen LogP) is 2.64. The summed E-state index contributed by atoms with van der Waals surface area (Å²) >= 11 is 0. The number of rotatable bonds is 4. The highest BCUT2D eigenvalue weighted by Gasteiger charge is 2.25. The van der Waals surface area contributed by atoms with Gasteiger partial charge in [-0.15, -0.1) is 6.42 Å². The lowest BCUT2D eigenvalue weighted by molar-refractivity contribution is -0.394. The second-order valence-corrected chi connectivity index (χ2v) is 4.56. The van der Waals surface area contributed by atoms with Gasteiger partial charge in [-0.25, -0.2) is 0 Å². The molecule has 0 aliphatic rings. The monoisotopic (exact) mass is 263 g/mol. The number of hydrogen-bond acceptors (Lipinski definition) is 5. The van der Waals surface area contributed by atoms with Gasteiger partial charge in [0.25, 0.3) is 11.4 Å². The Morgan fingerprint density at radius 2 is 1.74 bits per heavy atom. The Hall–Kier alpha value is -2.62. The highest BCUT2D eigenvalue weighted by atomic mass is 16.6. The molecule has 19 heavy (non-hydrogen) atoms. The van der Waals surface area contributed by atoms with E-state index in [-0.39, 0.29) is 17.1 Å². The third kappa shape index (κ3) is 3.19. The molecule has 0 fully saturated rings. The molecule has 1 N–H and O–H groups in total. The maximum atomic E-state index is 11.0. The second kappa shape index (κ2) is 4.94. The Balaban J connectivity index is 3.41. The van der Waals surface area contributed by atoms with E-state index in [2.05, 4.69) is 11.2 Å². The molecular weight excluding hydrogens is 250 g/mol. The molecule has 7 nitrogen and oxygen atoms in total. The van der Waals surface area contributed by atoms with Gasteiger partial charge in [0.1, 0.15) is 5.69 Å². The smallest absolute Gasteiger partial charge is 0.299 e. The Morgan fingerprint density at radius 3 is 2.16 bits per heavy atom. The Labute approximate surface area is 109 Å². The molecule has 1 rings (SSSR count). The van der Waals surface area contributed by atoms with Crippen LogP contribution in [0.15, 0.2) is 12.1 Å². The van der Waals surface area contributed by atoms with Crippen LogP contribution < -0.4 is 5.32 Å². The van der Waals surface area contributed by atoms with Gasteiger partial charge >= 0.3 is 0 Å². The highest BCUT2D eigenvalue weighted by molar-refractivity contribution is 5.69. The highest BCUT2D eigenvalue weighted by Crippen LogP contribution is 2.33. The van der Waals surface area contributed by atoms with Crippen molar-refractivity contribution in [2.75, 3.05) is 5.32 Å². The van der Waals surface area contributed by atoms with E-state index in [0.717, 1.165) is 6.07 Å². The number of benzene rings is 1. The van der Waals surface area contributed by atoms with Crippen molar-refractivity contribution in [2.45, 2.75) is 26.3 Å². The maximum absolute atomic E-state index is 11.0. The number of anilines is 1. The van der Waals surface area contributed by atoms with Crippen molar-refractivity contribution in [3.63, 3.8) is 0 Å². The van der Waals surface area contributed by atoms with E-state index >= 15 is 0 Å². The molecule has 0 unspecified atom stereocenters. The lowest BCUT2D eigenvalue weighted by atomic mass is 10.0. The minimum atomic E-state index is -0.798. The van der Waals surface area contributed by atoms with Crippen LogP contribution in [0.5, 0.6) is 0 Å². The van der Waals surface area contributed by atoms with Crippen LogP contribution >= 0.6 is 0 Å². The molecule has 0 saturated carbocycles. The molecule has 1 aromatic carbocycles. The van der Waals surface area contributed by atoms with Crippen molar-refractivity contribution in [1.29, 1.82) is 0 Å². The molecule has 0 amide bonds. The summed E-state index contributed by atoms with van der Waals surface area (Å²) in [6.45, 7) is 4.86. The summed E-state index contributed by atoms with van der Waals surface area (Å²) in [4.78, 5) is 20.4. The van der Waals surface area contributed by atoms with E-state index in [4.69, 9.17) is 6.42 Å². The first-order valence-corrected chi connectivity index (χ1v) is 5.37. The fourth-order valence-electron chi connectivity index (χ4n) is 1.51. The summed E-state index contributed by atoms with van der Waals surface area (Å²) in [6.07, 6.45) is 5.31. The molecule has 0 aromatic heterocycles. The minimum Gasteiger partial charge on any atom is -0.364 e. The number of nitro benzene ring substituents is 2. The molecular formula is C12H13N3O4. The summed E-state index contributed by atoms with van der Waals surface area (Å²) in [5.41, 5.74) is -0.980. The van der Waals surface area contributed by atoms with Crippen LogP contribution in [-0.4, -0.2) is 15.4 Å². The number of nitrogens with zero attached hydrogens (tertiary/aromatic N) is 2. The zero-order valence-corrected chi connectivity index (χ0v) is 10.8. The third-order valence-corrected chi connectivity index (χ3v) is 2.52. The number of terminal acetylenes is 1. The summed E-state index contributed by atoms with van der Waals surface area (Å²) in [5, 5.41) is 24.6. The van der Waals surface area contributed by atoms with Gasteiger partial charge in [-0.1, -0.05) is 5.92 Å². The first-order valence-electron chi connectivity index (χ1n) is 5.37. The topological polar surface area (TPSA) is 98.3 Å². The van der Waals surface area contributed by atoms with Gasteiger partial charge in [0.05, 0.1) is 21.5 Å². The van der Waals surface area contributed by atoms with Crippen molar-refractivity contribution < 1.29 is 9.85 Å². The quantitative estimate of drug-likeness (QED) is 0.511. The molecule has 0 heterocycles. The van der Waals surface area contributed by atoms with Crippen molar-refractivity contribution in [1.82, 2.24) is 0 Å². The van der Waals surface area contributed by atoms with Crippen LogP contribution in [0.1, 0.15) is 19.4 Å². The Morgan fingerprint density at radius 1 is 1.21 bits per heavy atom. The standard InChI is InChI=1S/C12H13N3O4/c1-5-12(3,4)13-9-6-8(2)10(14(16)17)7-11(9)15(18)19/h1,6-7,13H,2-4H3. The molecule has 0 bridgehead atoms. The van der Waals surface area contributed by atoms with Gasteiger partial charge in [-0.3, -0.25) is 20.2 Å². The SMILES string of the molecule is C#CC(C)(C)Nc1cc(C)c([N+](=O)[O-])cc1[N+](=O)[O-]. The molecule has 100 valence electrons. The van der Waals surface area contributed by atoms with Gasteiger partial charge in [0.15, 0.2) is 0 Å². The van der Waals surface area contributed by atoms with Crippen LogP contribution in [0.3, 0.4) is 0 Å². The lowest BCUT2D eigenvalue weighted by Crippen LogP contribution is -2.28. The van der Waals surface area contributed by atoms with Gasteiger partial charge in [0, 0.05) is 5.56 Å². The van der Waals surface area contributed by atoms with Crippen molar-refractivity contribution in [3.8, 4) is 12.3 Å². The second-order valence-electron chi connectivity index (χ2n) is 4.56. The molecule has 0 spiro atoms. The van der Waals surface area contributed by atoms with E-state index in [0.29, 0.717) is 5.56 Å². The molecule has 0 aliphatic carbocycles. The van der Waals surface area contributed by atoms with Gasteiger partial charge in [-0.2, -0.15) is 0 Å². The van der Waals surface area contributed by atoms with Crippen molar-refractivity contribution >= 4 is 17.1 Å². The fourth-order valence-corrected chi connectivity index (χ4v) is 1.51. The molecule has 1 aromatic rings. The Bertz CT molecular complexity index is 587. The average molecular weight is 263 g/mol. The number of nitro groups is 2. The first kappa shape index (κ1) is 14.4. The van der Waals surface area contributed by atoms with Crippen molar-refractivity contribution in [2.24, 2.45) is 0 Å². The largest absolute Gasteiger partial charge is 0.364 e. The van der Waals surface area contributed by atoms with E-state index in [1.165, 1.54) is 13.0 Å². The zero-order chi connectivity index (χ0) is 14.8. The minimum absolute atomic E-state index is 0.163. The van der Waals surface area contributed by atoms with Crippen LogP contribution in [-0.2, 0) is 0 Å². The van der Waals surface area contributed by atoms with E-state index in [1.54, 1.807) is 13.8 Å². The number of nitrogens with one attached hydrogen (secondary N) is 1. The number of aryl methyl sites for hydroxylation is 1. The molecule has 0 atom stereocenters. The van der Waals surface area contributed by atoms with Gasteiger partial charge < -0.3 is 5.32 Å². The van der Waals surface area contributed by atoms with Crippen LogP contribution in [0.4, 0.5) is 17.1 Å². The lowest BCUT2D eigenvalue weighted by Gasteiger charge is -2.21. The van der Waals surface area contributed by atoms with E-state index < -0.39 is 15.4 Å². The molecule has 0 radical (unpaired) electrons. The summed E-state index contributed by atoms with van der Waals surface area (Å²) in [5.74, 6) is 2.45. The van der Waals surface area contributed by atoms with Crippen molar-refractivity contribution in [3.05, 3.63) is 37.9 Å². The average Bonchev–Trinajstić information content (AvgIpc) is 2.27. The molecule has 7 heteroatoms. The third-order valence-electron chi connectivity index (χ3n) is 2.52. The number of hydrogen-bond donors (Lipinski definition) is 1. The van der Waals surface area contributed by atoms with E-state index in [9.17, 15) is 20.2 Å². The fraction of sp³-hybridized carbons (Fsp3) is 0.333. The van der Waals surface area contributed by atoms with Gasteiger partial charge in [0.2, 0.25) is 0 Å². The summed E-state index contributed by atoms with van der Waals surface area (Å²) < 4.78 is 0. The van der Waals surface area contributed by atoms with Crippen LogP contribution in [0, 0.1) is 39.5 Å². The maximum Gasteiger partial charge on any atom is 0.299 e. The molecule has 0 aliphatic heterocycles. The zero-order valence-electron chi connectivity index (χ0n) is 10.8. The summed E-state index contributed by atoms with van der Waals surface area (Å²) in [7, 11) is 0. The van der Waals surface area contributed by atoms with Gasteiger partial charge in [-0.05, 0) is 26.8 Å². The molecule has 0 saturated heterocycles. The predicted molar refractivity (Wildman–Crippen MR) is 71.0 cm³/mol. The van der Waals surface area contributed by atoms with Crippen LogP contribution in [0.2, 0.25) is 0 Å².